The van der Waals surface area contributed by atoms with Crippen molar-refractivity contribution in [2.75, 3.05) is 0 Å². The summed E-state index contributed by atoms with van der Waals surface area (Å²) < 4.78 is 27.6. The van der Waals surface area contributed by atoms with Gasteiger partial charge in [0.05, 0.1) is 16.0 Å². The first-order valence-corrected chi connectivity index (χ1v) is 9.33. The minimum Gasteiger partial charge on any atom is -0.268 e. The fourth-order valence-corrected chi connectivity index (χ4v) is 3.69. The van der Waals surface area contributed by atoms with E-state index in [-0.39, 0.29) is 10.5 Å². The van der Waals surface area contributed by atoms with E-state index in [1.807, 2.05) is 0 Å². The number of pyridine rings is 1. The Bertz CT molecular complexity index is 1030. The Morgan fingerprint density at radius 1 is 1.08 bits per heavy atom. The number of aryl methyl sites for hydroxylation is 1. The van der Waals surface area contributed by atoms with Crippen molar-refractivity contribution < 1.29 is 13.2 Å². The van der Waals surface area contributed by atoms with Crippen LogP contribution in [-0.4, -0.2) is 19.3 Å². The fraction of sp³-hybridized carbons (Fsp3) is 0.0588. The molecule has 0 aliphatic rings. The van der Waals surface area contributed by atoms with Crippen LogP contribution in [-0.2, 0) is 10.0 Å². The summed E-state index contributed by atoms with van der Waals surface area (Å²) in [7, 11) is -3.93. The van der Waals surface area contributed by atoms with Crippen LogP contribution in [0.1, 0.15) is 16.1 Å². The van der Waals surface area contributed by atoms with E-state index >= 15 is 0 Å². The molecule has 1 N–H and O–H groups in total. The highest BCUT2D eigenvalue weighted by Gasteiger charge is 2.20. The molecule has 0 bridgehead atoms. The van der Waals surface area contributed by atoms with Crippen LogP contribution in [0.2, 0.25) is 0 Å². The SMILES string of the molecule is Cc1cc(C(=O)NS(=O)(=O)c2ccccc2)c2ccc(Br)cc2n1. The zero-order chi connectivity index (χ0) is 17.3. The van der Waals surface area contributed by atoms with Crippen LogP contribution in [0.25, 0.3) is 10.9 Å². The van der Waals surface area contributed by atoms with Crippen molar-refractivity contribution in [3.05, 3.63) is 70.3 Å². The van der Waals surface area contributed by atoms with Crippen molar-refractivity contribution >= 4 is 42.8 Å². The van der Waals surface area contributed by atoms with Gasteiger partial charge in [-0.15, -0.1) is 0 Å². The van der Waals surface area contributed by atoms with E-state index in [9.17, 15) is 13.2 Å². The summed E-state index contributed by atoms with van der Waals surface area (Å²) in [5.74, 6) is -0.684. The molecule has 2 aromatic carbocycles. The van der Waals surface area contributed by atoms with Gasteiger partial charge in [-0.25, -0.2) is 13.1 Å². The summed E-state index contributed by atoms with van der Waals surface area (Å²) in [6.07, 6.45) is 0. The molecule has 1 heterocycles. The zero-order valence-corrected chi connectivity index (χ0v) is 15.1. The van der Waals surface area contributed by atoms with Crippen molar-refractivity contribution in [3.63, 3.8) is 0 Å². The van der Waals surface area contributed by atoms with Gasteiger partial charge in [-0.2, -0.15) is 0 Å². The Labute approximate surface area is 147 Å². The van der Waals surface area contributed by atoms with E-state index in [1.54, 1.807) is 49.4 Å². The van der Waals surface area contributed by atoms with Crippen molar-refractivity contribution in [1.29, 1.82) is 0 Å². The molecular weight excluding hydrogens is 392 g/mol. The normalized spacial score (nSPS) is 11.4. The number of carbonyl (C=O) groups is 1. The molecule has 0 unspecified atom stereocenters. The molecule has 0 saturated carbocycles. The predicted octanol–water partition coefficient (Wildman–Crippen LogP) is 3.42. The monoisotopic (exact) mass is 404 g/mol. The summed E-state index contributed by atoms with van der Waals surface area (Å²) in [6, 6.07) is 14.6. The van der Waals surface area contributed by atoms with Gasteiger partial charge >= 0.3 is 0 Å². The molecule has 0 spiro atoms. The number of carbonyl (C=O) groups excluding carboxylic acids is 1. The Kier molecular flexibility index (Phi) is 4.38. The summed E-state index contributed by atoms with van der Waals surface area (Å²) in [6.45, 7) is 1.75. The van der Waals surface area contributed by atoms with Crippen molar-refractivity contribution in [2.24, 2.45) is 0 Å². The minimum absolute atomic E-state index is 0.0381. The summed E-state index contributed by atoms with van der Waals surface area (Å²) in [4.78, 5) is 17.0. The lowest BCUT2D eigenvalue weighted by molar-refractivity contribution is 0.0983. The lowest BCUT2D eigenvalue weighted by Gasteiger charge is -2.10. The van der Waals surface area contributed by atoms with Crippen LogP contribution < -0.4 is 4.72 Å². The third kappa shape index (κ3) is 3.32. The Morgan fingerprint density at radius 3 is 2.50 bits per heavy atom. The molecule has 0 aliphatic heterocycles. The second-order valence-corrected chi connectivity index (χ2v) is 7.82. The topological polar surface area (TPSA) is 76.1 Å². The second kappa shape index (κ2) is 6.33. The van der Waals surface area contributed by atoms with Crippen LogP contribution in [0.5, 0.6) is 0 Å². The molecule has 0 atom stereocenters. The number of rotatable bonds is 3. The van der Waals surface area contributed by atoms with Gasteiger partial charge in [0.2, 0.25) is 0 Å². The molecule has 7 heteroatoms. The summed E-state index contributed by atoms with van der Waals surface area (Å²) in [5, 5.41) is 0.588. The number of halogens is 1. The molecule has 0 radical (unpaired) electrons. The largest absolute Gasteiger partial charge is 0.268 e. The van der Waals surface area contributed by atoms with Crippen LogP contribution in [0.3, 0.4) is 0 Å². The molecular formula is C17H13BrN2O3S. The van der Waals surface area contributed by atoms with Crippen LogP contribution in [0.15, 0.2) is 64.0 Å². The first-order chi connectivity index (χ1) is 11.4. The average Bonchev–Trinajstić information content (AvgIpc) is 2.54. The Balaban J connectivity index is 2.03. The number of benzene rings is 2. The molecule has 0 fully saturated rings. The van der Waals surface area contributed by atoms with E-state index < -0.39 is 15.9 Å². The summed E-state index contributed by atoms with van der Waals surface area (Å²) >= 11 is 3.36. The van der Waals surface area contributed by atoms with E-state index in [1.165, 1.54) is 12.1 Å². The van der Waals surface area contributed by atoms with Crippen molar-refractivity contribution in [3.8, 4) is 0 Å². The fourth-order valence-electron chi connectivity index (χ4n) is 2.36. The van der Waals surface area contributed by atoms with E-state index in [2.05, 4.69) is 25.6 Å². The van der Waals surface area contributed by atoms with Gasteiger partial charge in [-0.05, 0) is 37.3 Å². The molecule has 24 heavy (non-hydrogen) atoms. The number of hydrogen-bond acceptors (Lipinski definition) is 4. The number of sulfonamides is 1. The number of amides is 1. The number of aromatic nitrogens is 1. The van der Waals surface area contributed by atoms with E-state index in [4.69, 9.17) is 0 Å². The maximum Gasteiger partial charge on any atom is 0.265 e. The third-order valence-corrected chi connectivity index (χ3v) is 5.27. The standard InChI is InChI=1S/C17H13BrN2O3S/c1-11-9-15(14-8-7-12(18)10-16(14)19-11)17(21)20-24(22,23)13-5-3-2-4-6-13/h2-10H,1H3,(H,20,21). The molecule has 1 aromatic heterocycles. The first kappa shape index (κ1) is 16.6. The number of nitrogens with one attached hydrogen (secondary N) is 1. The van der Waals surface area contributed by atoms with Gasteiger partial charge < -0.3 is 0 Å². The van der Waals surface area contributed by atoms with Gasteiger partial charge in [0, 0.05) is 15.6 Å². The van der Waals surface area contributed by atoms with Gasteiger partial charge in [-0.3, -0.25) is 9.78 Å². The highest BCUT2D eigenvalue weighted by atomic mass is 79.9. The number of nitrogens with zero attached hydrogens (tertiary/aromatic N) is 1. The molecule has 5 nitrogen and oxygen atoms in total. The van der Waals surface area contributed by atoms with Gasteiger partial charge in [-0.1, -0.05) is 40.2 Å². The van der Waals surface area contributed by atoms with Gasteiger partial charge in [0.1, 0.15) is 0 Å². The van der Waals surface area contributed by atoms with Crippen LogP contribution >= 0.6 is 15.9 Å². The quantitative estimate of drug-likeness (QED) is 0.725. The second-order valence-electron chi connectivity index (χ2n) is 5.22. The van der Waals surface area contributed by atoms with Crippen LogP contribution in [0.4, 0.5) is 0 Å². The highest BCUT2D eigenvalue weighted by Crippen LogP contribution is 2.23. The average molecular weight is 405 g/mol. The van der Waals surface area contributed by atoms with Crippen molar-refractivity contribution in [1.82, 2.24) is 9.71 Å². The van der Waals surface area contributed by atoms with Crippen molar-refractivity contribution in [2.45, 2.75) is 11.8 Å². The third-order valence-electron chi connectivity index (χ3n) is 3.43. The minimum atomic E-state index is -3.93. The Morgan fingerprint density at radius 2 is 1.79 bits per heavy atom. The van der Waals surface area contributed by atoms with Gasteiger partial charge in [0.15, 0.2) is 0 Å². The summed E-state index contributed by atoms with van der Waals surface area (Å²) in [5.41, 5.74) is 1.51. The molecule has 0 saturated heterocycles. The lowest BCUT2D eigenvalue weighted by Crippen LogP contribution is -2.30. The number of hydrogen-bond donors (Lipinski definition) is 1. The zero-order valence-electron chi connectivity index (χ0n) is 12.7. The highest BCUT2D eigenvalue weighted by molar-refractivity contribution is 9.10. The molecule has 122 valence electrons. The van der Waals surface area contributed by atoms with E-state index in [0.717, 1.165) is 4.47 Å². The first-order valence-electron chi connectivity index (χ1n) is 7.06. The molecule has 3 rings (SSSR count). The molecule has 0 aliphatic carbocycles. The lowest BCUT2D eigenvalue weighted by atomic mass is 10.1. The number of fused-ring (bicyclic) bond motifs is 1. The maximum absolute atomic E-state index is 12.6. The maximum atomic E-state index is 12.6. The molecule has 1 amide bonds. The van der Waals surface area contributed by atoms with Crippen LogP contribution in [0, 0.1) is 6.92 Å². The molecule has 3 aromatic rings. The smallest absolute Gasteiger partial charge is 0.265 e. The van der Waals surface area contributed by atoms with Gasteiger partial charge in [0.25, 0.3) is 15.9 Å². The predicted molar refractivity (Wildman–Crippen MR) is 95.3 cm³/mol. The van der Waals surface area contributed by atoms with E-state index in [0.29, 0.717) is 16.6 Å². The Hall–Kier alpha value is -2.25.